The third-order valence-electron chi connectivity index (χ3n) is 3.99. The molecule has 0 saturated heterocycles. The number of fused-ring (bicyclic) bond motifs is 1. The van der Waals surface area contributed by atoms with Gasteiger partial charge in [-0.1, -0.05) is 24.3 Å². The number of benzene rings is 1. The Balaban J connectivity index is 1.79. The van der Waals surface area contributed by atoms with Crippen LogP contribution in [0.5, 0.6) is 0 Å². The van der Waals surface area contributed by atoms with E-state index < -0.39 is 0 Å². The average molecular weight is 288 g/mol. The Morgan fingerprint density at radius 2 is 2.25 bits per heavy atom. The van der Waals surface area contributed by atoms with Crippen LogP contribution in [-0.2, 0) is 13.0 Å². The molecule has 0 bridgehead atoms. The van der Waals surface area contributed by atoms with Crippen molar-refractivity contribution in [3.63, 3.8) is 0 Å². The van der Waals surface area contributed by atoms with Crippen molar-refractivity contribution in [3.05, 3.63) is 52.0 Å². The lowest BCUT2D eigenvalue weighted by Gasteiger charge is -2.28. The van der Waals surface area contributed by atoms with Gasteiger partial charge in [0.05, 0.1) is 11.2 Å². The third-order valence-corrected chi connectivity index (χ3v) is 4.63. The number of aliphatic hydroxyl groups is 1. The normalized spacial score (nSPS) is 17.6. The number of aliphatic hydroxyl groups excluding tert-OH is 1. The Hall–Kier alpha value is -1.23. The first-order valence-corrected chi connectivity index (χ1v) is 8.12. The highest BCUT2D eigenvalue weighted by Gasteiger charge is 2.27. The number of aryl methyl sites for hydroxylation is 1. The van der Waals surface area contributed by atoms with Crippen molar-refractivity contribution in [1.29, 1.82) is 0 Å². The Bertz CT molecular complexity index is 541. The van der Waals surface area contributed by atoms with Crippen LogP contribution in [0.2, 0.25) is 0 Å². The molecule has 1 N–H and O–H groups in total. The minimum absolute atomic E-state index is 0.252. The van der Waals surface area contributed by atoms with E-state index in [1.807, 2.05) is 5.51 Å². The maximum atomic E-state index is 9.14. The van der Waals surface area contributed by atoms with Crippen molar-refractivity contribution < 1.29 is 5.11 Å². The van der Waals surface area contributed by atoms with Crippen molar-refractivity contribution in [1.82, 2.24) is 9.88 Å². The number of aromatic nitrogens is 1. The van der Waals surface area contributed by atoms with Gasteiger partial charge in [0.2, 0.25) is 0 Å². The van der Waals surface area contributed by atoms with Crippen molar-refractivity contribution in [2.75, 3.05) is 13.2 Å². The molecule has 0 spiro atoms. The average Bonchev–Trinajstić information content (AvgIpc) is 3.12. The molecule has 1 aliphatic carbocycles. The number of hydrogen-bond donors (Lipinski definition) is 1. The van der Waals surface area contributed by atoms with Gasteiger partial charge in [0.25, 0.3) is 0 Å². The monoisotopic (exact) mass is 288 g/mol. The first-order valence-electron chi connectivity index (χ1n) is 7.18. The zero-order chi connectivity index (χ0) is 13.8. The topological polar surface area (TPSA) is 36.4 Å². The highest BCUT2D eigenvalue weighted by Crippen LogP contribution is 2.36. The van der Waals surface area contributed by atoms with E-state index in [2.05, 4.69) is 39.5 Å². The molecule has 0 unspecified atom stereocenters. The molecule has 4 heteroatoms. The minimum Gasteiger partial charge on any atom is -0.396 e. The molecule has 0 radical (unpaired) electrons. The number of hydrogen-bond acceptors (Lipinski definition) is 4. The molecule has 1 heterocycles. The fourth-order valence-corrected chi connectivity index (χ4v) is 3.61. The lowest BCUT2D eigenvalue weighted by molar-refractivity contribution is 0.164. The lowest BCUT2D eigenvalue weighted by atomic mass is 10.1. The maximum absolute atomic E-state index is 9.14. The largest absolute Gasteiger partial charge is 0.396 e. The van der Waals surface area contributed by atoms with Crippen LogP contribution in [-0.4, -0.2) is 28.1 Å². The van der Waals surface area contributed by atoms with Crippen LogP contribution in [0.3, 0.4) is 0 Å². The van der Waals surface area contributed by atoms with Crippen molar-refractivity contribution in [2.24, 2.45) is 0 Å². The summed E-state index contributed by atoms with van der Waals surface area (Å²) >= 11 is 1.65. The van der Waals surface area contributed by atoms with Gasteiger partial charge >= 0.3 is 0 Å². The lowest BCUT2D eigenvalue weighted by Crippen LogP contribution is -2.29. The summed E-state index contributed by atoms with van der Waals surface area (Å²) < 4.78 is 0. The summed E-state index contributed by atoms with van der Waals surface area (Å²) in [4.78, 5) is 6.88. The highest BCUT2D eigenvalue weighted by atomic mass is 32.1. The van der Waals surface area contributed by atoms with Gasteiger partial charge in [0.15, 0.2) is 0 Å². The molecular weight excluding hydrogens is 268 g/mol. The van der Waals surface area contributed by atoms with E-state index in [1.165, 1.54) is 17.5 Å². The molecule has 0 fully saturated rings. The summed E-state index contributed by atoms with van der Waals surface area (Å²) in [7, 11) is 0. The molecule has 3 nitrogen and oxygen atoms in total. The van der Waals surface area contributed by atoms with E-state index in [-0.39, 0.29) is 6.61 Å². The van der Waals surface area contributed by atoms with Crippen LogP contribution < -0.4 is 0 Å². The van der Waals surface area contributed by atoms with Crippen LogP contribution in [0.4, 0.5) is 0 Å². The smallest absolute Gasteiger partial charge is 0.0795 e. The van der Waals surface area contributed by atoms with Gasteiger partial charge in [-0.3, -0.25) is 4.90 Å². The van der Waals surface area contributed by atoms with Crippen LogP contribution in [0, 0.1) is 0 Å². The molecule has 0 aliphatic heterocycles. The molecule has 2 aromatic rings. The van der Waals surface area contributed by atoms with Gasteiger partial charge in [-0.15, -0.1) is 11.3 Å². The van der Waals surface area contributed by atoms with E-state index in [0.29, 0.717) is 6.04 Å². The molecule has 0 saturated carbocycles. The number of nitrogens with zero attached hydrogens (tertiary/aromatic N) is 2. The number of rotatable bonds is 6. The van der Waals surface area contributed by atoms with Gasteiger partial charge in [-0.2, -0.15) is 0 Å². The van der Waals surface area contributed by atoms with E-state index in [9.17, 15) is 0 Å². The molecule has 1 aromatic carbocycles. The second-order valence-electron chi connectivity index (χ2n) is 5.28. The summed E-state index contributed by atoms with van der Waals surface area (Å²) in [6.07, 6.45) is 3.16. The molecule has 3 rings (SSSR count). The quantitative estimate of drug-likeness (QED) is 0.887. The zero-order valence-electron chi connectivity index (χ0n) is 11.5. The van der Waals surface area contributed by atoms with E-state index >= 15 is 0 Å². The van der Waals surface area contributed by atoms with Crippen molar-refractivity contribution in [3.8, 4) is 0 Å². The second-order valence-corrected chi connectivity index (χ2v) is 6.00. The summed E-state index contributed by atoms with van der Waals surface area (Å²) in [5.41, 5.74) is 5.96. The molecule has 20 heavy (non-hydrogen) atoms. The zero-order valence-corrected chi connectivity index (χ0v) is 12.4. The number of thiazole rings is 1. The van der Waals surface area contributed by atoms with Gasteiger partial charge in [0.1, 0.15) is 0 Å². The van der Waals surface area contributed by atoms with E-state index in [4.69, 9.17) is 5.11 Å². The standard InChI is InChI=1S/C16H20N2OS/c19-9-3-8-18(10-14-11-20-12-17-14)16-7-6-13-4-1-2-5-15(13)16/h1-2,4-5,11-12,16,19H,3,6-10H2/t16-/m1/s1. The van der Waals surface area contributed by atoms with Gasteiger partial charge in [-0.25, -0.2) is 4.98 Å². The first-order chi connectivity index (χ1) is 9.88. The minimum atomic E-state index is 0.252. The Kier molecular flexibility index (Phi) is 4.45. The van der Waals surface area contributed by atoms with Crippen LogP contribution >= 0.6 is 11.3 Å². The molecule has 1 aliphatic rings. The maximum Gasteiger partial charge on any atom is 0.0795 e. The van der Waals surface area contributed by atoms with E-state index in [1.54, 1.807) is 11.3 Å². The summed E-state index contributed by atoms with van der Waals surface area (Å²) in [5, 5.41) is 11.3. The summed E-state index contributed by atoms with van der Waals surface area (Å²) in [6, 6.07) is 9.21. The van der Waals surface area contributed by atoms with Crippen LogP contribution in [0.25, 0.3) is 0 Å². The molecule has 106 valence electrons. The van der Waals surface area contributed by atoms with Crippen molar-refractivity contribution >= 4 is 11.3 Å². The Morgan fingerprint density at radius 1 is 1.35 bits per heavy atom. The highest BCUT2D eigenvalue weighted by molar-refractivity contribution is 7.07. The van der Waals surface area contributed by atoms with Gasteiger partial charge < -0.3 is 5.11 Å². The Morgan fingerprint density at radius 3 is 3.05 bits per heavy atom. The predicted molar refractivity (Wildman–Crippen MR) is 81.7 cm³/mol. The molecule has 1 atom stereocenters. The summed E-state index contributed by atoms with van der Waals surface area (Å²) in [5.74, 6) is 0. The van der Waals surface area contributed by atoms with E-state index in [0.717, 1.165) is 31.6 Å². The molecular formula is C16H20N2OS. The summed E-state index contributed by atoms with van der Waals surface area (Å²) in [6.45, 7) is 2.05. The first kappa shape index (κ1) is 13.7. The fraction of sp³-hybridized carbons (Fsp3) is 0.438. The SMILES string of the molecule is OCCCN(Cc1cscn1)[C@@H]1CCc2ccccc21. The fourth-order valence-electron chi connectivity index (χ4n) is 3.06. The molecule has 1 aromatic heterocycles. The second kappa shape index (κ2) is 6.48. The van der Waals surface area contributed by atoms with Gasteiger partial charge in [0, 0.05) is 31.1 Å². The van der Waals surface area contributed by atoms with Crippen LogP contribution in [0.15, 0.2) is 35.2 Å². The van der Waals surface area contributed by atoms with Crippen LogP contribution in [0.1, 0.15) is 35.7 Å². The molecule has 0 amide bonds. The predicted octanol–water partition coefficient (Wildman–Crippen LogP) is 3.02. The third kappa shape index (κ3) is 2.92. The van der Waals surface area contributed by atoms with Gasteiger partial charge in [-0.05, 0) is 30.4 Å². The van der Waals surface area contributed by atoms with Crippen molar-refractivity contribution in [2.45, 2.75) is 31.8 Å². The Labute approximate surface area is 123 Å².